The predicted molar refractivity (Wildman–Crippen MR) is 60.3 cm³/mol. The number of methoxy groups -OCH3 is 1. The van der Waals surface area contributed by atoms with Crippen molar-refractivity contribution < 1.29 is 9.47 Å². The molecule has 1 heterocycles. The average molecular weight is 210 g/mol. The summed E-state index contributed by atoms with van der Waals surface area (Å²) >= 11 is 0. The molecule has 0 saturated carbocycles. The Bertz CT molecular complexity index is 356. The molecule has 0 aromatic carbocycles. The van der Waals surface area contributed by atoms with E-state index >= 15 is 0 Å². The van der Waals surface area contributed by atoms with Crippen LogP contribution in [0.1, 0.15) is 26.3 Å². The molecule has 0 unspecified atom stereocenters. The van der Waals surface area contributed by atoms with Gasteiger partial charge in [0.05, 0.1) is 19.0 Å². The molecule has 0 amide bonds. The average Bonchev–Trinajstić information content (AvgIpc) is 2.11. The van der Waals surface area contributed by atoms with E-state index in [9.17, 15) is 0 Å². The van der Waals surface area contributed by atoms with Crippen LogP contribution in [-0.4, -0.2) is 17.7 Å². The van der Waals surface area contributed by atoms with Crippen LogP contribution < -0.4 is 15.2 Å². The zero-order chi connectivity index (χ0) is 11.6. The van der Waals surface area contributed by atoms with Gasteiger partial charge in [-0.25, -0.2) is 4.98 Å². The summed E-state index contributed by atoms with van der Waals surface area (Å²) < 4.78 is 10.7. The van der Waals surface area contributed by atoms with Crippen molar-refractivity contribution in [1.29, 1.82) is 0 Å². The van der Waals surface area contributed by atoms with E-state index in [1.807, 2.05) is 27.7 Å². The number of nitrogens with zero attached hydrogens (tertiary/aromatic N) is 1. The molecule has 0 spiro atoms. The van der Waals surface area contributed by atoms with Gasteiger partial charge in [-0.1, -0.05) is 0 Å². The summed E-state index contributed by atoms with van der Waals surface area (Å²) in [6, 6.07) is 0. The van der Waals surface area contributed by atoms with Crippen molar-refractivity contribution in [2.75, 3.05) is 12.8 Å². The quantitative estimate of drug-likeness (QED) is 0.812. The maximum atomic E-state index is 5.87. The Labute approximate surface area is 90.4 Å². The number of hydrogen-bond acceptors (Lipinski definition) is 4. The fourth-order valence-corrected chi connectivity index (χ4v) is 1.14. The van der Waals surface area contributed by atoms with Crippen LogP contribution in [-0.2, 0) is 0 Å². The lowest BCUT2D eigenvalue weighted by molar-refractivity contribution is 0.123. The predicted octanol–water partition coefficient (Wildman–Crippen LogP) is 2.16. The second-order valence-corrected chi connectivity index (χ2v) is 4.38. The van der Waals surface area contributed by atoms with Crippen molar-refractivity contribution in [3.05, 3.63) is 11.8 Å². The minimum Gasteiger partial charge on any atom is -0.493 e. The van der Waals surface area contributed by atoms with Crippen molar-refractivity contribution in [3.63, 3.8) is 0 Å². The fraction of sp³-hybridized carbons (Fsp3) is 0.545. The molecule has 1 rings (SSSR count). The van der Waals surface area contributed by atoms with Crippen LogP contribution in [0.25, 0.3) is 0 Å². The molecule has 0 atom stereocenters. The lowest BCUT2D eigenvalue weighted by atomic mass is 10.2. The Morgan fingerprint density at radius 3 is 2.40 bits per heavy atom. The normalized spacial score (nSPS) is 11.3. The summed E-state index contributed by atoms with van der Waals surface area (Å²) in [7, 11) is 1.57. The van der Waals surface area contributed by atoms with Crippen molar-refractivity contribution in [1.82, 2.24) is 4.98 Å². The molecule has 0 fully saturated rings. The summed E-state index contributed by atoms with van der Waals surface area (Å²) in [4.78, 5) is 4.17. The van der Waals surface area contributed by atoms with Gasteiger partial charge in [-0.2, -0.15) is 0 Å². The third-order valence-electron chi connectivity index (χ3n) is 1.91. The van der Waals surface area contributed by atoms with E-state index in [0.29, 0.717) is 17.3 Å². The molecule has 0 saturated heterocycles. The molecule has 84 valence electrons. The van der Waals surface area contributed by atoms with Gasteiger partial charge in [0.25, 0.3) is 0 Å². The van der Waals surface area contributed by atoms with Gasteiger partial charge in [0, 0.05) is 5.56 Å². The van der Waals surface area contributed by atoms with E-state index in [1.165, 1.54) is 0 Å². The zero-order valence-electron chi connectivity index (χ0n) is 9.92. The van der Waals surface area contributed by atoms with Crippen LogP contribution in [0.15, 0.2) is 6.20 Å². The molecule has 0 aliphatic rings. The van der Waals surface area contributed by atoms with Gasteiger partial charge >= 0.3 is 0 Å². The second-order valence-electron chi connectivity index (χ2n) is 4.38. The van der Waals surface area contributed by atoms with Crippen LogP contribution >= 0.6 is 0 Å². The third kappa shape index (κ3) is 2.75. The first-order chi connectivity index (χ1) is 6.85. The van der Waals surface area contributed by atoms with Gasteiger partial charge in [0.15, 0.2) is 5.75 Å². The lowest BCUT2D eigenvalue weighted by Gasteiger charge is -2.22. The highest BCUT2D eigenvalue weighted by Gasteiger charge is 2.17. The maximum Gasteiger partial charge on any atom is 0.219 e. The molecule has 4 nitrogen and oxygen atoms in total. The maximum absolute atomic E-state index is 5.87. The number of ether oxygens (including phenoxy) is 2. The van der Waals surface area contributed by atoms with Crippen LogP contribution in [0.4, 0.5) is 5.69 Å². The van der Waals surface area contributed by atoms with E-state index < -0.39 is 0 Å². The highest BCUT2D eigenvalue weighted by Crippen LogP contribution is 2.31. The van der Waals surface area contributed by atoms with E-state index in [1.54, 1.807) is 13.3 Å². The SMILES string of the molecule is COc1cnc(OC(C)(C)C)c(C)c1N. The smallest absolute Gasteiger partial charge is 0.219 e. The monoisotopic (exact) mass is 210 g/mol. The van der Waals surface area contributed by atoms with Gasteiger partial charge < -0.3 is 15.2 Å². The summed E-state index contributed by atoms with van der Waals surface area (Å²) in [6.45, 7) is 7.77. The molecule has 1 aromatic rings. The Kier molecular flexibility index (Phi) is 3.07. The van der Waals surface area contributed by atoms with Gasteiger partial charge in [-0.15, -0.1) is 0 Å². The van der Waals surface area contributed by atoms with Crippen LogP contribution in [0.2, 0.25) is 0 Å². The van der Waals surface area contributed by atoms with Gasteiger partial charge in [0.1, 0.15) is 5.60 Å². The molecular formula is C11H18N2O2. The minimum absolute atomic E-state index is 0.279. The van der Waals surface area contributed by atoms with Gasteiger partial charge in [-0.05, 0) is 27.7 Å². The largest absolute Gasteiger partial charge is 0.493 e. The zero-order valence-corrected chi connectivity index (χ0v) is 9.92. The first-order valence-corrected chi connectivity index (χ1v) is 4.83. The number of rotatable bonds is 2. The molecular weight excluding hydrogens is 192 g/mol. The molecule has 0 aliphatic heterocycles. The van der Waals surface area contributed by atoms with Gasteiger partial charge in [-0.3, -0.25) is 0 Å². The summed E-state index contributed by atoms with van der Waals surface area (Å²) in [5.41, 5.74) is 6.97. The van der Waals surface area contributed by atoms with E-state index in [-0.39, 0.29) is 5.60 Å². The minimum atomic E-state index is -0.279. The molecule has 4 heteroatoms. The number of anilines is 1. The first kappa shape index (κ1) is 11.6. The Hall–Kier alpha value is -1.45. The van der Waals surface area contributed by atoms with Gasteiger partial charge in [0.2, 0.25) is 5.88 Å². The van der Waals surface area contributed by atoms with Crippen molar-refractivity contribution >= 4 is 5.69 Å². The first-order valence-electron chi connectivity index (χ1n) is 4.83. The molecule has 0 bridgehead atoms. The Balaban J connectivity index is 3.07. The molecule has 0 aliphatic carbocycles. The second kappa shape index (κ2) is 3.96. The fourth-order valence-electron chi connectivity index (χ4n) is 1.14. The van der Waals surface area contributed by atoms with Crippen LogP contribution in [0, 0.1) is 6.92 Å². The standard InChI is InChI=1S/C11H18N2O2/c1-7-9(12)8(14-5)6-13-10(7)15-11(2,3)4/h6H,1-5H3,(H2,12,13). The van der Waals surface area contributed by atoms with Crippen LogP contribution in [0.3, 0.4) is 0 Å². The number of aromatic nitrogens is 1. The van der Waals surface area contributed by atoms with E-state index in [0.717, 1.165) is 5.56 Å². The molecule has 2 N–H and O–H groups in total. The highest BCUT2D eigenvalue weighted by molar-refractivity contribution is 5.60. The summed E-state index contributed by atoms with van der Waals surface area (Å²) in [5, 5.41) is 0. The lowest BCUT2D eigenvalue weighted by Crippen LogP contribution is -2.24. The van der Waals surface area contributed by atoms with Crippen molar-refractivity contribution in [3.8, 4) is 11.6 Å². The van der Waals surface area contributed by atoms with Crippen LogP contribution in [0.5, 0.6) is 11.6 Å². The van der Waals surface area contributed by atoms with E-state index in [2.05, 4.69) is 4.98 Å². The Morgan fingerprint density at radius 2 is 1.93 bits per heavy atom. The summed E-state index contributed by atoms with van der Waals surface area (Å²) in [5.74, 6) is 1.13. The van der Waals surface area contributed by atoms with E-state index in [4.69, 9.17) is 15.2 Å². The van der Waals surface area contributed by atoms with Crippen molar-refractivity contribution in [2.45, 2.75) is 33.3 Å². The summed E-state index contributed by atoms with van der Waals surface area (Å²) in [6.07, 6.45) is 1.57. The molecule has 0 radical (unpaired) electrons. The molecule has 15 heavy (non-hydrogen) atoms. The highest BCUT2D eigenvalue weighted by atomic mass is 16.5. The third-order valence-corrected chi connectivity index (χ3v) is 1.91. The number of hydrogen-bond donors (Lipinski definition) is 1. The number of nitrogen functional groups attached to an aromatic ring is 1. The van der Waals surface area contributed by atoms with Crippen molar-refractivity contribution in [2.24, 2.45) is 0 Å². The molecule has 1 aromatic heterocycles. The topological polar surface area (TPSA) is 57.4 Å². The number of pyridine rings is 1. The Morgan fingerprint density at radius 1 is 1.33 bits per heavy atom. The number of nitrogens with two attached hydrogens (primary N) is 1.